The largest absolute Gasteiger partial charge is 0.346 e. The highest BCUT2D eigenvalue weighted by Crippen LogP contribution is 2.23. The molecule has 10 heteroatoms. The van der Waals surface area contributed by atoms with Gasteiger partial charge in [-0.15, -0.1) is 0 Å². The second-order valence-electron chi connectivity index (χ2n) is 4.76. The second-order valence-corrected chi connectivity index (χ2v) is 6.53. The van der Waals surface area contributed by atoms with Gasteiger partial charge in [0.05, 0.1) is 11.4 Å². The van der Waals surface area contributed by atoms with E-state index in [1.807, 2.05) is 0 Å². The van der Waals surface area contributed by atoms with Gasteiger partial charge >= 0.3 is 12.3 Å². The lowest BCUT2D eigenvalue weighted by molar-refractivity contribution is -0.122. The molecule has 0 aliphatic heterocycles. The fraction of sp³-hybridized carbons (Fsp3) is 0.636. The third-order valence-electron chi connectivity index (χ3n) is 2.80. The first-order valence-electron chi connectivity index (χ1n) is 6.07. The number of hydrogen-bond acceptors (Lipinski definition) is 3. The van der Waals surface area contributed by atoms with Crippen molar-refractivity contribution >= 4 is 10.0 Å². The molecule has 0 aliphatic rings. The van der Waals surface area contributed by atoms with Gasteiger partial charge in [0, 0.05) is 24.5 Å². The van der Waals surface area contributed by atoms with Crippen molar-refractivity contribution in [3.8, 4) is 0 Å². The van der Waals surface area contributed by atoms with E-state index in [1.165, 1.54) is 17.0 Å². The maximum absolute atomic E-state index is 12.8. The van der Waals surface area contributed by atoms with Gasteiger partial charge in [-0.1, -0.05) is 0 Å². The summed E-state index contributed by atoms with van der Waals surface area (Å²) in [4.78, 5) is -0.290. The average Bonchev–Trinajstić information content (AvgIpc) is 2.81. The molecule has 122 valence electrons. The Labute approximate surface area is 120 Å². The predicted molar refractivity (Wildman–Crippen MR) is 68.8 cm³/mol. The Morgan fingerprint density at radius 1 is 1.38 bits per heavy atom. The van der Waals surface area contributed by atoms with Crippen molar-refractivity contribution in [3.63, 3.8) is 0 Å². The van der Waals surface area contributed by atoms with Crippen LogP contribution in [0, 0.1) is 0 Å². The summed E-state index contributed by atoms with van der Waals surface area (Å²) in [5, 5.41) is 0. The third kappa shape index (κ3) is 4.17. The number of nitrogens with one attached hydrogen (secondary N) is 1. The number of nitrogens with zero attached hydrogens (tertiary/aromatic N) is 1. The van der Waals surface area contributed by atoms with Gasteiger partial charge in [-0.05, 0) is 19.9 Å². The zero-order chi connectivity index (χ0) is 16.4. The maximum atomic E-state index is 12.8. The Morgan fingerprint density at radius 3 is 2.33 bits per heavy atom. The highest BCUT2D eigenvalue weighted by Gasteiger charge is 2.41. The van der Waals surface area contributed by atoms with Crippen LogP contribution in [0.1, 0.15) is 25.6 Å². The Kier molecular flexibility index (Phi) is 5.40. The minimum atomic E-state index is -4.43. The van der Waals surface area contributed by atoms with Crippen molar-refractivity contribution in [1.29, 1.82) is 0 Å². The zero-order valence-corrected chi connectivity index (χ0v) is 12.3. The molecule has 0 amide bonds. The number of alkyl halides is 4. The van der Waals surface area contributed by atoms with Crippen molar-refractivity contribution in [2.24, 2.45) is 5.73 Å². The fourth-order valence-electron chi connectivity index (χ4n) is 1.64. The molecule has 0 spiro atoms. The molecular formula is C11H17F4N3O2S. The Balaban J connectivity index is 2.99. The molecule has 0 aromatic carbocycles. The van der Waals surface area contributed by atoms with E-state index in [0.717, 1.165) is 0 Å². The van der Waals surface area contributed by atoms with Crippen LogP contribution < -0.4 is 10.5 Å². The van der Waals surface area contributed by atoms with Gasteiger partial charge in [-0.25, -0.2) is 21.9 Å². The van der Waals surface area contributed by atoms with Gasteiger partial charge in [-0.2, -0.15) is 8.78 Å². The number of halogens is 4. The molecule has 1 aromatic heterocycles. The Hall–Kier alpha value is -1.13. The van der Waals surface area contributed by atoms with Crippen molar-refractivity contribution in [2.75, 3.05) is 6.54 Å². The van der Waals surface area contributed by atoms with Crippen LogP contribution in [-0.2, 0) is 16.6 Å². The van der Waals surface area contributed by atoms with E-state index in [1.54, 1.807) is 18.4 Å². The lowest BCUT2D eigenvalue weighted by Crippen LogP contribution is -2.41. The van der Waals surface area contributed by atoms with Crippen molar-refractivity contribution in [1.82, 2.24) is 9.29 Å². The number of aromatic nitrogens is 1. The minimum absolute atomic E-state index is 0.0564. The van der Waals surface area contributed by atoms with Crippen LogP contribution in [0.5, 0.6) is 0 Å². The predicted octanol–water partition coefficient (Wildman–Crippen LogP) is 1.71. The summed E-state index contributed by atoms with van der Waals surface area (Å²) in [6, 6.07) is 1.14. The molecule has 0 unspecified atom stereocenters. The van der Waals surface area contributed by atoms with Gasteiger partial charge in [0.15, 0.2) is 0 Å². The Bertz CT molecular complexity index is 584. The molecule has 0 radical (unpaired) electrons. The molecule has 1 heterocycles. The van der Waals surface area contributed by atoms with E-state index < -0.39 is 28.9 Å². The minimum Gasteiger partial charge on any atom is -0.346 e. The van der Waals surface area contributed by atoms with E-state index in [0.29, 0.717) is 5.69 Å². The molecule has 0 bridgehead atoms. The highest BCUT2D eigenvalue weighted by molar-refractivity contribution is 7.89. The topological polar surface area (TPSA) is 77.1 Å². The first-order valence-corrected chi connectivity index (χ1v) is 7.56. The van der Waals surface area contributed by atoms with Crippen LogP contribution in [-0.4, -0.2) is 31.9 Å². The van der Waals surface area contributed by atoms with Gasteiger partial charge in [-0.3, -0.25) is 0 Å². The molecule has 0 fully saturated rings. The molecule has 0 atom stereocenters. The van der Waals surface area contributed by atoms with Crippen LogP contribution in [0.2, 0.25) is 0 Å². The van der Waals surface area contributed by atoms with E-state index in [-0.39, 0.29) is 17.5 Å². The van der Waals surface area contributed by atoms with Gasteiger partial charge in [0.2, 0.25) is 10.0 Å². The lowest BCUT2D eigenvalue weighted by atomic mass is 10.3. The summed E-state index contributed by atoms with van der Waals surface area (Å²) in [5.74, 6) is -4.43. The van der Waals surface area contributed by atoms with Crippen molar-refractivity contribution in [3.05, 3.63) is 18.0 Å². The number of sulfonamides is 1. The van der Waals surface area contributed by atoms with Crippen LogP contribution >= 0.6 is 0 Å². The molecule has 1 aromatic rings. The molecule has 5 nitrogen and oxygen atoms in total. The van der Waals surface area contributed by atoms with Crippen LogP contribution in [0.3, 0.4) is 0 Å². The zero-order valence-electron chi connectivity index (χ0n) is 11.5. The molecule has 3 N–H and O–H groups in total. The maximum Gasteiger partial charge on any atom is 0.320 e. The van der Waals surface area contributed by atoms with Crippen LogP contribution in [0.4, 0.5) is 17.6 Å². The first-order chi connectivity index (χ1) is 9.51. The summed E-state index contributed by atoms with van der Waals surface area (Å²) >= 11 is 0. The molecule has 0 aliphatic carbocycles. The number of nitrogens with two attached hydrogens (primary N) is 1. The van der Waals surface area contributed by atoms with E-state index in [2.05, 4.69) is 0 Å². The summed E-state index contributed by atoms with van der Waals surface area (Å²) in [6.45, 7) is 1.96. The van der Waals surface area contributed by atoms with E-state index in [4.69, 9.17) is 5.73 Å². The normalized spacial score (nSPS) is 13.4. The van der Waals surface area contributed by atoms with E-state index in [9.17, 15) is 26.0 Å². The highest BCUT2D eigenvalue weighted by atomic mass is 32.2. The monoisotopic (exact) mass is 331 g/mol. The molecule has 0 saturated carbocycles. The smallest absolute Gasteiger partial charge is 0.320 e. The quantitative estimate of drug-likeness (QED) is 0.747. The summed E-state index contributed by atoms with van der Waals surface area (Å²) < 4.78 is 76.3. The third-order valence-corrected chi connectivity index (χ3v) is 4.17. The second kappa shape index (κ2) is 6.32. The Morgan fingerprint density at radius 2 is 1.95 bits per heavy atom. The van der Waals surface area contributed by atoms with Crippen LogP contribution in [0.15, 0.2) is 17.2 Å². The van der Waals surface area contributed by atoms with Gasteiger partial charge in [0.25, 0.3) is 0 Å². The molecule has 0 saturated heterocycles. The van der Waals surface area contributed by atoms with Crippen molar-refractivity contribution in [2.45, 2.75) is 43.7 Å². The summed E-state index contributed by atoms with van der Waals surface area (Å²) in [6.07, 6.45) is -2.71. The lowest BCUT2D eigenvalue weighted by Gasteiger charge is -2.15. The number of rotatable bonds is 7. The van der Waals surface area contributed by atoms with Crippen molar-refractivity contribution < 1.29 is 26.0 Å². The summed E-state index contributed by atoms with van der Waals surface area (Å²) in [7, 11) is -4.31. The first kappa shape index (κ1) is 17.9. The number of hydrogen-bond donors (Lipinski definition) is 2. The van der Waals surface area contributed by atoms with E-state index >= 15 is 0 Å². The van der Waals surface area contributed by atoms with Crippen LogP contribution in [0.25, 0.3) is 0 Å². The van der Waals surface area contributed by atoms with Gasteiger partial charge < -0.3 is 10.3 Å². The molecule has 21 heavy (non-hydrogen) atoms. The average molecular weight is 331 g/mol. The summed E-state index contributed by atoms with van der Waals surface area (Å²) in [5.41, 5.74) is 5.96. The standard InChI is InChI=1S/C11H17F4N3O2S/c1-7(2)18-5-9(3-8(18)4-16)21(19,20)17-6-11(14,15)10(12)13/h3,5,7,10,17H,4,6,16H2,1-2H3. The SMILES string of the molecule is CC(C)n1cc(S(=O)(=O)NCC(F)(F)C(F)F)cc1CN. The fourth-order valence-corrected chi connectivity index (χ4v) is 2.73. The molecule has 1 rings (SSSR count). The molecular weight excluding hydrogens is 314 g/mol. The van der Waals surface area contributed by atoms with Gasteiger partial charge in [0.1, 0.15) is 0 Å².